The Bertz CT molecular complexity index is 958. The molecule has 3 aromatic rings. The number of carbonyl (C=O) groups excluding carboxylic acids is 1. The van der Waals surface area contributed by atoms with Crippen LogP contribution in [0, 0.1) is 5.92 Å². The highest BCUT2D eigenvalue weighted by atomic mass is 16.5. The zero-order valence-electron chi connectivity index (χ0n) is 15.4. The van der Waals surface area contributed by atoms with Crippen molar-refractivity contribution in [3.63, 3.8) is 0 Å². The van der Waals surface area contributed by atoms with E-state index in [-0.39, 0.29) is 24.0 Å². The Morgan fingerprint density at radius 3 is 2.74 bits per heavy atom. The molecule has 140 valence electrons. The van der Waals surface area contributed by atoms with Gasteiger partial charge < -0.3 is 19.7 Å². The van der Waals surface area contributed by atoms with E-state index in [0.717, 1.165) is 16.5 Å². The van der Waals surface area contributed by atoms with E-state index in [0.29, 0.717) is 24.3 Å². The van der Waals surface area contributed by atoms with Crippen LogP contribution in [-0.4, -0.2) is 33.8 Å². The van der Waals surface area contributed by atoms with Crippen molar-refractivity contribution in [2.24, 2.45) is 13.0 Å². The van der Waals surface area contributed by atoms with Gasteiger partial charge in [0.25, 0.3) is 5.91 Å². The summed E-state index contributed by atoms with van der Waals surface area (Å²) in [5, 5.41) is 13.8. The standard InChI is InChI=1S/C21H23N3O3/c1-24-12-17(16-5-3-4-6-18(16)24)21(26)23-20(14-9-15(25)10-14)13-7-8-19(27-2)22-11-13/h3-8,11-12,14-15,20,25H,9-10H2,1-2H3,(H,23,26)/t14?,15?,20-/m0/s1. The molecule has 2 N–H and O–H groups in total. The zero-order valence-corrected chi connectivity index (χ0v) is 15.4. The van der Waals surface area contributed by atoms with Gasteiger partial charge >= 0.3 is 0 Å². The Morgan fingerprint density at radius 1 is 1.30 bits per heavy atom. The average Bonchev–Trinajstić information content (AvgIpc) is 3.01. The molecule has 1 aromatic carbocycles. The highest BCUT2D eigenvalue weighted by molar-refractivity contribution is 6.07. The molecule has 0 saturated heterocycles. The molecule has 4 rings (SSSR count). The number of aliphatic hydroxyl groups excluding tert-OH is 1. The van der Waals surface area contributed by atoms with Crippen molar-refractivity contribution >= 4 is 16.8 Å². The monoisotopic (exact) mass is 365 g/mol. The summed E-state index contributed by atoms with van der Waals surface area (Å²) in [5.74, 6) is 0.606. The molecule has 1 amide bonds. The largest absolute Gasteiger partial charge is 0.481 e. The van der Waals surface area contributed by atoms with E-state index in [1.54, 1.807) is 19.4 Å². The lowest BCUT2D eigenvalue weighted by Crippen LogP contribution is -2.41. The number of methoxy groups -OCH3 is 1. The summed E-state index contributed by atoms with van der Waals surface area (Å²) in [4.78, 5) is 17.3. The Morgan fingerprint density at radius 2 is 2.07 bits per heavy atom. The number of aryl methyl sites for hydroxylation is 1. The van der Waals surface area contributed by atoms with Crippen LogP contribution >= 0.6 is 0 Å². The van der Waals surface area contributed by atoms with Crippen LogP contribution in [-0.2, 0) is 7.05 Å². The summed E-state index contributed by atoms with van der Waals surface area (Å²) in [6.07, 6.45) is 4.65. The zero-order chi connectivity index (χ0) is 19.0. The number of benzene rings is 1. The van der Waals surface area contributed by atoms with Gasteiger partial charge in [-0.3, -0.25) is 4.79 Å². The van der Waals surface area contributed by atoms with Gasteiger partial charge in [0.2, 0.25) is 5.88 Å². The minimum absolute atomic E-state index is 0.117. The molecule has 1 atom stereocenters. The van der Waals surface area contributed by atoms with Crippen LogP contribution in [0.5, 0.6) is 5.88 Å². The number of aliphatic hydroxyl groups is 1. The van der Waals surface area contributed by atoms with E-state index in [9.17, 15) is 9.90 Å². The van der Waals surface area contributed by atoms with Gasteiger partial charge in [-0.1, -0.05) is 24.3 Å². The van der Waals surface area contributed by atoms with E-state index in [2.05, 4.69) is 10.3 Å². The Labute approximate surface area is 157 Å². The van der Waals surface area contributed by atoms with Crippen molar-refractivity contribution in [1.29, 1.82) is 0 Å². The maximum atomic E-state index is 13.1. The van der Waals surface area contributed by atoms with Gasteiger partial charge in [-0.25, -0.2) is 4.98 Å². The topological polar surface area (TPSA) is 76.4 Å². The number of nitrogens with zero attached hydrogens (tertiary/aromatic N) is 2. The first-order chi connectivity index (χ1) is 13.1. The van der Waals surface area contributed by atoms with Crippen LogP contribution in [0.3, 0.4) is 0 Å². The second-order valence-corrected chi connectivity index (χ2v) is 7.14. The second kappa shape index (κ2) is 7.04. The molecule has 0 radical (unpaired) electrons. The van der Waals surface area contributed by atoms with E-state index in [1.165, 1.54) is 0 Å². The summed E-state index contributed by atoms with van der Waals surface area (Å²) >= 11 is 0. The van der Waals surface area contributed by atoms with Gasteiger partial charge in [0, 0.05) is 36.4 Å². The summed E-state index contributed by atoms with van der Waals surface area (Å²) in [6.45, 7) is 0. The first kappa shape index (κ1) is 17.5. The molecule has 1 fully saturated rings. The molecule has 1 aliphatic carbocycles. The number of ether oxygens (including phenoxy) is 1. The first-order valence-corrected chi connectivity index (χ1v) is 9.09. The normalized spacial score (nSPS) is 20.1. The summed E-state index contributed by atoms with van der Waals surface area (Å²) in [5.41, 5.74) is 2.59. The van der Waals surface area contributed by atoms with E-state index in [4.69, 9.17) is 4.74 Å². The molecule has 6 heteroatoms. The molecule has 0 spiro atoms. The number of hydrogen-bond acceptors (Lipinski definition) is 4. The molecule has 0 unspecified atom stereocenters. The number of rotatable bonds is 5. The minimum atomic E-state index is -0.293. The van der Waals surface area contributed by atoms with Crippen molar-refractivity contribution in [2.75, 3.05) is 7.11 Å². The quantitative estimate of drug-likeness (QED) is 0.729. The van der Waals surface area contributed by atoms with E-state index < -0.39 is 0 Å². The summed E-state index contributed by atoms with van der Waals surface area (Å²) < 4.78 is 7.09. The SMILES string of the molecule is COc1ccc([C@H](NC(=O)c2cn(C)c3ccccc23)C2CC(O)C2)cn1. The van der Waals surface area contributed by atoms with Crippen LogP contribution in [0.15, 0.2) is 48.8 Å². The van der Waals surface area contributed by atoms with Crippen LogP contribution in [0.25, 0.3) is 10.9 Å². The van der Waals surface area contributed by atoms with E-state index in [1.807, 2.05) is 48.1 Å². The van der Waals surface area contributed by atoms with E-state index >= 15 is 0 Å². The van der Waals surface area contributed by atoms with Crippen molar-refractivity contribution in [3.05, 3.63) is 59.9 Å². The molecule has 6 nitrogen and oxygen atoms in total. The van der Waals surface area contributed by atoms with Crippen molar-refractivity contribution in [1.82, 2.24) is 14.9 Å². The van der Waals surface area contributed by atoms with Gasteiger partial charge in [-0.15, -0.1) is 0 Å². The lowest BCUT2D eigenvalue weighted by Gasteiger charge is -2.38. The van der Waals surface area contributed by atoms with Gasteiger partial charge in [0.15, 0.2) is 0 Å². The highest BCUT2D eigenvalue weighted by Gasteiger charge is 2.36. The van der Waals surface area contributed by atoms with Crippen molar-refractivity contribution in [2.45, 2.75) is 25.0 Å². The minimum Gasteiger partial charge on any atom is -0.481 e. The maximum Gasteiger partial charge on any atom is 0.253 e. The van der Waals surface area contributed by atoms with Gasteiger partial charge in [-0.05, 0) is 30.4 Å². The van der Waals surface area contributed by atoms with Crippen molar-refractivity contribution in [3.8, 4) is 5.88 Å². The molecule has 27 heavy (non-hydrogen) atoms. The summed E-state index contributed by atoms with van der Waals surface area (Å²) in [7, 11) is 3.51. The van der Waals surface area contributed by atoms with Crippen LogP contribution in [0.1, 0.15) is 34.8 Å². The van der Waals surface area contributed by atoms with Gasteiger partial charge in [0.05, 0.1) is 24.8 Å². The molecule has 0 bridgehead atoms. The molecule has 1 aliphatic rings. The van der Waals surface area contributed by atoms with Crippen LogP contribution in [0.2, 0.25) is 0 Å². The number of amides is 1. The fraction of sp³-hybridized carbons (Fsp3) is 0.333. The lowest BCUT2D eigenvalue weighted by atomic mass is 9.75. The van der Waals surface area contributed by atoms with Gasteiger partial charge in [0.1, 0.15) is 0 Å². The predicted octanol–water partition coefficient (Wildman–Crippen LogP) is 2.82. The molecular weight excluding hydrogens is 342 g/mol. The molecule has 0 aliphatic heterocycles. The molecule has 2 aromatic heterocycles. The van der Waals surface area contributed by atoms with Gasteiger partial charge in [-0.2, -0.15) is 0 Å². The third kappa shape index (κ3) is 3.28. The number of para-hydroxylation sites is 1. The fourth-order valence-electron chi connectivity index (χ4n) is 3.81. The number of fused-ring (bicyclic) bond motifs is 1. The highest BCUT2D eigenvalue weighted by Crippen LogP contribution is 2.38. The average molecular weight is 365 g/mol. The molecule has 1 saturated carbocycles. The lowest BCUT2D eigenvalue weighted by molar-refractivity contribution is 0.0235. The molecule has 2 heterocycles. The number of pyridine rings is 1. The smallest absolute Gasteiger partial charge is 0.253 e. The second-order valence-electron chi connectivity index (χ2n) is 7.14. The number of nitrogens with one attached hydrogen (secondary N) is 1. The summed E-state index contributed by atoms with van der Waals surface area (Å²) in [6, 6.07) is 11.4. The Hall–Kier alpha value is -2.86. The number of carbonyl (C=O) groups is 1. The molecular formula is C21H23N3O3. The third-order valence-electron chi connectivity index (χ3n) is 5.38. The number of aromatic nitrogens is 2. The van der Waals surface area contributed by atoms with Crippen LogP contribution < -0.4 is 10.1 Å². The Kier molecular flexibility index (Phi) is 4.58. The first-order valence-electron chi connectivity index (χ1n) is 9.09. The number of hydrogen-bond donors (Lipinski definition) is 2. The third-order valence-corrected chi connectivity index (χ3v) is 5.38. The predicted molar refractivity (Wildman–Crippen MR) is 103 cm³/mol. The van der Waals surface area contributed by atoms with Crippen LogP contribution in [0.4, 0.5) is 0 Å². The van der Waals surface area contributed by atoms with Crippen molar-refractivity contribution < 1.29 is 14.6 Å². The Balaban J connectivity index is 1.63. The maximum absolute atomic E-state index is 13.1. The fourth-order valence-corrected chi connectivity index (χ4v) is 3.81.